The number of hydrogen-bond donors (Lipinski definition) is 1. The predicted molar refractivity (Wildman–Crippen MR) is 97.6 cm³/mol. The van der Waals surface area contributed by atoms with Crippen molar-refractivity contribution in [3.8, 4) is 5.75 Å². The Bertz CT molecular complexity index is 814. The van der Waals surface area contributed by atoms with E-state index in [0.29, 0.717) is 13.1 Å². The van der Waals surface area contributed by atoms with Gasteiger partial charge in [-0.25, -0.2) is 4.98 Å². The molecule has 0 bridgehead atoms. The molecule has 1 N–H and O–H groups in total. The van der Waals surface area contributed by atoms with Crippen LogP contribution in [0.4, 0.5) is 5.69 Å². The number of fused-ring (bicyclic) bond motifs is 1. The Kier molecular flexibility index (Phi) is 5.08. The highest BCUT2D eigenvalue weighted by molar-refractivity contribution is 7.18. The number of nitrogens with one attached hydrogen (secondary N) is 1. The number of carbonyl (C=O) groups is 1. The summed E-state index contributed by atoms with van der Waals surface area (Å²) in [6, 6.07) is 15.4. The third kappa shape index (κ3) is 4.10. The van der Waals surface area contributed by atoms with Crippen LogP contribution in [-0.2, 0) is 11.3 Å². The first-order chi connectivity index (χ1) is 11.6. The summed E-state index contributed by atoms with van der Waals surface area (Å²) < 4.78 is 6.32. The molecule has 0 spiro atoms. The Morgan fingerprint density at radius 2 is 2.08 bits per heavy atom. The van der Waals surface area contributed by atoms with E-state index < -0.39 is 0 Å². The van der Waals surface area contributed by atoms with E-state index in [2.05, 4.69) is 16.4 Å². The molecule has 1 aromatic heterocycles. The molecule has 3 aromatic rings. The molecule has 6 heteroatoms. The molecule has 0 aliphatic heterocycles. The van der Waals surface area contributed by atoms with Crippen molar-refractivity contribution < 1.29 is 9.53 Å². The van der Waals surface area contributed by atoms with Gasteiger partial charge in [0.1, 0.15) is 10.8 Å². The van der Waals surface area contributed by atoms with Gasteiger partial charge in [-0.3, -0.25) is 9.69 Å². The van der Waals surface area contributed by atoms with Gasteiger partial charge in [0.25, 0.3) is 0 Å². The zero-order chi connectivity index (χ0) is 16.9. The van der Waals surface area contributed by atoms with Gasteiger partial charge in [0, 0.05) is 11.8 Å². The number of carbonyl (C=O) groups excluding carboxylic acids is 1. The van der Waals surface area contributed by atoms with E-state index in [1.54, 1.807) is 24.5 Å². The standard InChI is InChI=1S/C18H19N3O2S/c1-21(12-18-20-15-8-3-4-9-16(15)24-18)11-17(22)19-13-6-5-7-14(10-13)23-2/h3-10H,11-12H2,1-2H3,(H,19,22). The molecule has 0 saturated heterocycles. The van der Waals surface area contributed by atoms with Crippen LogP contribution in [0.25, 0.3) is 10.2 Å². The molecule has 1 heterocycles. The smallest absolute Gasteiger partial charge is 0.238 e. The van der Waals surface area contributed by atoms with Crippen molar-refractivity contribution in [2.24, 2.45) is 0 Å². The fraction of sp³-hybridized carbons (Fsp3) is 0.222. The second-order valence-corrected chi connectivity index (χ2v) is 6.64. The number of nitrogens with zero attached hydrogens (tertiary/aromatic N) is 2. The third-order valence-corrected chi connectivity index (χ3v) is 4.53. The van der Waals surface area contributed by atoms with Crippen molar-refractivity contribution >= 4 is 33.1 Å². The Labute approximate surface area is 144 Å². The van der Waals surface area contributed by atoms with Crippen molar-refractivity contribution in [1.82, 2.24) is 9.88 Å². The average molecular weight is 341 g/mol. The summed E-state index contributed by atoms with van der Waals surface area (Å²) in [5.41, 5.74) is 1.74. The molecule has 0 aliphatic rings. The van der Waals surface area contributed by atoms with E-state index in [1.165, 1.54) is 4.70 Å². The van der Waals surface area contributed by atoms with Gasteiger partial charge in [-0.1, -0.05) is 18.2 Å². The SMILES string of the molecule is COc1cccc(NC(=O)CN(C)Cc2nc3ccccc3s2)c1. The number of anilines is 1. The minimum absolute atomic E-state index is 0.0631. The van der Waals surface area contributed by atoms with Crippen LogP contribution < -0.4 is 10.1 Å². The number of benzene rings is 2. The number of likely N-dealkylation sites (N-methyl/N-ethyl adjacent to an activating group) is 1. The quantitative estimate of drug-likeness (QED) is 0.747. The van der Waals surface area contributed by atoms with Crippen LogP contribution >= 0.6 is 11.3 Å². The normalized spacial score (nSPS) is 11.0. The van der Waals surface area contributed by atoms with Crippen molar-refractivity contribution in [3.05, 3.63) is 53.5 Å². The highest BCUT2D eigenvalue weighted by Gasteiger charge is 2.10. The number of amides is 1. The summed E-state index contributed by atoms with van der Waals surface area (Å²) in [7, 11) is 3.52. The fourth-order valence-corrected chi connectivity index (χ4v) is 3.47. The summed E-state index contributed by atoms with van der Waals surface area (Å²) in [6.45, 7) is 0.942. The predicted octanol–water partition coefficient (Wildman–Crippen LogP) is 3.38. The molecule has 0 unspecified atom stereocenters. The van der Waals surface area contributed by atoms with Crippen LogP contribution in [0, 0.1) is 0 Å². The maximum absolute atomic E-state index is 12.2. The number of rotatable bonds is 6. The Morgan fingerprint density at radius 1 is 1.25 bits per heavy atom. The Hall–Kier alpha value is -2.44. The van der Waals surface area contributed by atoms with Crippen LogP contribution in [0.5, 0.6) is 5.75 Å². The van der Waals surface area contributed by atoms with Crippen LogP contribution in [0.3, 0.4) is 0 Å². The van der Waals surface area contributed by atoms with Crippen molar-refractivity contribution in [1.29, 1.82) is 0 Å². The van der Waals surface area contributed by atoms with Gasteiger partial charge in [0.05, 0.1) is 30.4 Å². The summed E-state index contributed by atoms with van der Waals surface area (Å²) >= 11 is 1.66. The second-order valence-electron chi connectivity index (χ2n) is 5.53. The number of methoxy groups -OCH3 is 1. The van der Waals surface area contributed by atoms with Gasteiger partial charge in [-0.05, 0) is 31.3 Å². The first-order valence-corrected chi connectivity index (χ1v) is 8.42. The largest absolute Gasteiger partial charge is 0.497 e. The molecule has 5 nitrogen and oxygen atoms in total. The Morgan fingerprint density at radius 3 is 2.88 bits per heavy atom. The van der Waals surface area contributed by atoms with E-state index in [1.807, 2.05) is 48.3 Å². The number of hydrogen-bond acceptors (Lipinski definition) is 5. The van der Waals surface area contributed by atoms with Gasteiger partial charge in [-0.2, -0.15) is 0 Å². The molecule has 124 valence electrons. The fourth-order valence-electron chi connectivity index (χ4n) is 2.42. The maximum atomic E-state index is 12.2. The Balaban J connectivity index is 1.57. The van der Waals surface area contributed by atoms with Crippen LogP contribution in [0.15, 0.2) is 48.5 Å². The number of thiazole rings is 1. The van der Waals surface area contributed by atoms with Crippen LogP contribution in [-0.4, -0.2) is 36.5 Å². The first kappa shape index (κ1) is 16.4. The van der Waals surface area contributed by atoms with Crippen molar-refractivity contribution in [2.45, 2.75) is 6.54 Å². The molecule has 1 amide bonds. The van der Waals surface area contributed by atoms with E-state index in [-0.39, 0.29) is 5.91 Å². The van der Waals surface area contributed by atoms with Gasteiger partial charge >= 0.3 is 0 Å². The number of para-hydroxylation sites is 1. The van der Waals surface area contributed by atoms with Gasteiger partial charge in [0.2, 0.25) is 5.91 Å². The molecule has 0 fully saturated rings. The van der Waals surface area contributed by atoms with Crippen LogP contribution in [0.2, 0.25) is 0 Å². The van der Waals surface area contributed by atoms with Gasteiger partial charge < -0.3 is 10.1 Å². The molecule has 2 aromatic carbocycles. The van der Waals surface area contributed by atoms with E-state index in [9.17, 15) is 4.79 Å². The highest BCUT2D eigenvalue weighted by Crippen LogP contribution is 2.22. The minimum atomic E-state index is -0.0631. The zero-order valence-corrected chi connectivity index (χ0v) is 14.5. The molecule has 24 heavy (non-hydrogen) atoms. The summed E-state index contributed by atoms with van der Waals surface area (Å²) in [5.74, 6) is 0.655. The third-order valence-electron chi connectivity index (χ3n) is 3.51. The second kappa shape index (κ2) is 7.42. The number of aromatic nitrogens is 1. The maximum Gasteiger partial charge on any atom is 0.238 e. The van der Waals surface area contributed by atoms with E-state index in [4.69, 9.17) is 4.74 Å². The molecule has 0 aliphatic carbocycles. The average Bonchev–Trinajstić information content (AvgIpc) is 2.96. The highest BCUT2D eigenvalue weighted by atomic mass is 32.1. The van der Waals surface area contributed by atoms with Crippen molar-refractivity contribution in [2.75, 3.05) is 26.0 Å². The molecular formula is C18H19N3O2S. The number of ether oxygens (including phenoxy) is 1. The van der Waals surface area contributed by atoms with Crippen LogP contribution in [0.1, 0.15) is 5.01 Å². The molecule has 0 saturated carbocycles. The lowest BCUT2D eigenvalue weighted by Crippen LogP contribution is -2.29. The van der Waals surface area contributed by atoms with Crippen molar-refractivity contribution in [3.63, 3.8) is 0 Å². The first-order valence-electron chi connectivity index (χ1n) is 7.61. The summed E-state index contributed by atoms with van der Waals surface area (Å²) in [5, 5.41) is 3.89. The monoisotopic (exact) mass is 341 g/mol. The minimum Gasteiger partial charge on any atom is -0.497 e. The lowest BCUT2D eigenvalue weighted by Gasteiger charge is -2.15. The lowest BCUT2D eigenvalue weighted by molar-refractivity contribution is -0.117. The topological polar surface area (TPSA) is 54.5 Å². The molecular weight excluding hydrogens is 322 g/mol. The van der Waals surface area contributed by atoms with E-state index in [0.717, 1.165) is 22.0 Å². The summed E-state index contributed by atoms with van der Waals surface area (Å²) in [4.78, 5) is 18.7. The zero-order valence-electron chi connectivity index (χ0n) is 13.7. The molecule has 0 atom stereocenters. The van der Waals surface area contributed by atoms with Gasteiger partial charge in [0.15, 0.2) is 0 Å². The van der Waals surface area contributed by atoms with E-state index >= 15 is 0 Å². The van der Waals surface area contributed by atoms with Gasteiger partial charge in [-0.15, -0.1) is 11.3 Å². The lowest BCUT2D eigenvalue weighted by atomic mass is 10.3. The molecule has 3 rings (SSSR count). The summed E-state index contributed by atoms with van der Waals surface area (Å²) in [6.07, 6.45) is 0. The molecule has 0 radical (unpaired) electrons.